The number of allylic oxidation sites excluding steroid dienone is 5. The lowest BCUT2D eigenvalue weighted by Crippen LogP contribution is -2.25. The highest BCUT2D eigenvalue weighted by Crippen LogP contribution is 2.32. The Morgan fingerprint density at radius 1 is 1.20 bits per heavy atom. The number of carboxylic acids is 1. The maximum absolute atomic E-state index is 14.3. The van der Waals surface area contributed by atoms with Crippen LogP contribution in [0.15, 0.2) is 59.9 Å². The number of hydrogen-bond acceptors (Lipinski definition) is 6. The third-order valence-corrected chi connectivity index (χ3v) is 5.99. The molecular formula is C27H29FN2O5. The number of aromatic nitrogens is 2. The van der Waals surface area contributed by atoms with Gasteiger partial charge in [-0.2, -0.15) is 0 Å². The van der Waals surface area contributed by atoms with Crippen LogP contribution in [-0.4, -0.2) is 40.4 Å². The van der Waals surface area contributed by atoms with Gasteiger partial charge in [-0.05, 0) is 54.7 Å². The zero-order valence-corrected chi connectivity index (χ0v) is 19.9. The number of aryl methyl sites for hydroxylation is 2. The van der Waals surface area contributed by atoms with Crippen molar-refractivity contribution in [3.63, 3.8) is 0 Å². The minimum atomic E-state index is -0.950. The molecular weight excluding hydrogens is 451 g/mol. The molecule has 35 heavy (non-hydrogen) atoms. The number of carbonyl (C=O) groups is 1. The predicted octanol–water partition coefficient (Wildman–Crippen LogP) is 5.63. The van der Waals surface area contributed by atoms with Crippen molar-refractivity contribution < 1.29 is 28.5 Å². The van der Waals surface area contributed by atoms with Gasteiger partial charge in [-0.3, -0.25) is 9.78 Å². The van der Waals surface area contributed by atoms with Crippen molar-refractivity contribution in [2.45, 2.75) is 52.1 Å². The second kappa shape index (κ2) is 11.3. The van der Waals surface area contributed by atoms with Crippen LogP contribution in [0.1, 0.15) is 43.2 Å². The van der Waals surface area contributed by atoms with Gasteiger partial charge in [0.15, 0.2) is 0 Å². The predicted molar refractivity (Wildman–Crippen MR) is 129 cm³/mol. The summed E-state index contributed by atoms with van der Waals surface area (Å²) >= 11 is 0. The Balaban J connectivity index is 1.45. The molecule has 1 aliphatic carbocycles. The van der Waals surface area contributed by atoms with Gasteiger partial charge in [0.2, 0.25) is 5.88 Å². The van der Waals surface area contributed by atoms with Crippen molar-refractivity contribution in [3.05, 3.63) is 71.0 Å². The fourth-order valence-electron chi connectivity index (χ4n) is 4.23. The van der Waals surface area contributed by atoms with E-state index in [9.17, 15) is 9.18 Å². The summed E-state index contributed by atoms with van der Waals surface area (Å²) in [6.07, 6.45) is 10.0. The maximum atomic E-state index is 14.3. The molecule has 0 unspecified atom stereocenters. The summed E-state index contributed by atoms with van der Waals surface area (Å²) in [6, 6.07) is 4.03. The molecule has 1 aromatic carbocycles. The average Bonchev–Trinajstić information content (AvgIpc) is 2.82. The topological polar surface area (TPSA) is 90.8 Å². The van der Waals surface area contributed by atoms with Crippen molar-refractivity contribution in [2.24, 2.45) is 0 Å². The Labute approximate surface area is 204 Å². The zero-order chi connectivity index (χ0) is 24.8. The fraction of sp³-hybridized carbons (Fsp3) is 0.370. The number of rotatable bonds is 8. The Bertz CT molecular complexity index is 1160. The number of nitrogens with zero attached hydrogens (tertiary/aromatic N) is 2. The van der Waals surface area contributed by atoms with E-state index in [2.05, 4.69) is 9.97 Å². The average molecular weight is 481 g/mol. The van der Waals surface area contributed by atoms with Crippen LogP contribution in [0.4, 0.5) is 4.39 Å². The summed E-state index contributed by atoms with van der Waals surface area (Å²) in [6.45, 7) is 5.48. The van der Waals surface area contributed by atoms with Crippen LogP contribution < -0.4 is 9.47 Å². The first kappa shape index (κ1) is 24.6. The molecule has 0 saturated carbocycles. The lowest BCUT2D eigenvalue weighted by Gasteiger charge is -2.24. The first-order chi connectivity index (χ1) is 16.9. The van der Waals surface area contributed by atoms with Gasteiger partial charge in [-0.15, -0.1) is 0 Å². The minimum absolute atomic E-state index is 0.0470. The second-order valence-electron chi connectivity index (χ2n) is 8.75. The summed E-state index contributed by atoms with van der Waals surface area (Å²) in [5.41, 5.74) is 4.71. The summed E-state index contributed by atoms with van der Waals surface area (Å²) < 4.78 is 31.6. The quantitative estimate of drug-likeness (QED) is 0.490. The van der Waals surface area contributed by atoms with Crippen LogP contribution in [0.5, 0.6) is 11.6 Å². The normalized spacial score (nSPS) is 17.6. The van der Waals surface area contributed by atoms with E-state index in [1.54, 1.807) is 18.3 Å². The number of ether oxygens (including phenoxy) is 3. The molecule has 0 radical (unpaired) electrons. The van der Waals surface area contributed by atoms with Gasteiger partial charge in [-0.25, -0.2) is 9.37 Å². The van der Waals surface area contributed by atoms with Gasteiger partial charge >= 0.3 is 5.97 Å². The Morgan fingerprint density at radius 3 is 2.63 bits per heavy atom. The van der Waals surface area contributed by atoms with Gasteiger partial charge in [0.05, 0.1) is 37.6 Å². The molecule has 2 heterocycles. The molecule has 1 aliphatic heterocycles. The van der Waals surface area contributed by atoms with Crippen LogP contribution >= 0.6 is 0 Å². The molecule has 0 amide bonds. The molecule has 0 atom stereocenters. The standard InChI is InChI=1S/C27H29FN2O5/c1-17-11-22(35-21-7-9-33-10-8-21)12-18(2)27(17)24-14-29-15-25(30-24)34-16-19-3-4-20(23(28)13-19)5-6-26(31)32/h3-4,11-12,14-16,21H,5-10,13H2,1-2H3,(H,31,32). The minimum Gasteiger partial charge on any atom is -0.490 e. The van der Waals surface area contributed by atoms with Crippen LogP contribution in [-0.2, 0) is 9.53 Å². The van der Waals surface area contributed by atoms with Crippen molar-refractivity contribution in [2.75, 3.05) is 13.2 Å². The maximum Gasteiger partial charge on any atom is 0.303 e. The van der Waals surface area contributed by atoms with E-state index in [0.29, 0.717) is 22.7 Å². The summed E-state index contributed by atoms with van der Waals surface area (Å²) in [5.74, 6) is -0.167. The van der Waals surface area contributed by atoms with Crippen molar-refractivity contribution in [3.8, 4) is 22.9 Å². The molecule has 1 aromatic heterocycles. The Kier molecular flexibility index (Phi) is 7.92. The third kappa shape index (κ3) is 6.54. The zero-order valence-electron chi connectivity index (χ0n) is 19.9. The number of benzene rings is 1. The van der Waals surface area contributed by atoms with E-state index in [1.807, 2.05) is 26.0 Å². The number of halogens is 1. The van der Waals surface area contributed by atoms with E-state index in [0.717, 1.165) is 48.5 Å². The summed E-state index contributed by atoms with van der Waals surface area (Å²) in [7, 11) is 0. The van der Waals surface area contributed by atoms with Crippen LogP contribution in [0.25, 0.3) is 11.3 Å². The molecule has 0 spiro atoms. The van der Waals surface area contributed by atoms with Crippen molar-refractivity contribution >= 4 is 5.97 Å². The second-order valence-corrected chi connectivity index (χ2v) is 8.75. The highest BCUT2D eigenvalue weighted by atomic mass is 19.1. The molecule has 1 N–H and O–H groups in total. The SMILES string of the molecule is Cc1cc(OC2CCOCC2)cc(C)c1-c1cncc(OC=C2C=CC(CCC(=O)O)=C(F)C2)n1. The highest BCUT2D eigenvalue weighted by molar-refractivity contribution is 5.69. The number of carboxylic acid groups (broad SMARTS) is 1. The van der Waals surface area contributed by atoms with Crippen LogP contribution in [0.2, 0.25) is 0 Å². The van der Waals surface area contributed by atoms with Gasteiger partial charge < -0.3 is 19.3 Å². The molecule has 1 fully saturated rings. The van der Waals surface area contributed by atoms with E-state index >= 15 is 0 Å². The van der Waals surface area contributed by atoms with Crippen LogP contribution in [0.3, 0.4) is 0 Å². The molecule has 8 heteroatoms. The Morgan fingerprint density at radius 2 is 1.94 bits per heavy atom. The van der Waals surface area contributed by atoms with Gasteiger partial charge in [0, 0.05) is 31.2 Å². The smallest absolute Gasteiger partial charge is 0.303 e. The molecule has 7 nitrogen and oxygen atoms in total. The molecule has 4 rings (SSSR count). The van der Waals surface area contributed by atoms with E-state index in [-0.39, 0.29) is 31.2 Å². The molecule has 1 saturated heterocycles. The first-order valence-corrected chi connectivity index (χ1v) is 11.7. The first-order valence-electron chi connectivity index (χ1n) is 11.7. The largest absolute Gasteiger partial charge is 0.490 e. The lowest BCUT2D eigenvalue weighted by atomic mass is 9.99. The van der Waals surface area contributed by atoms with E-state index in [4.69, 9.17) is 19.3 Å². The number of aliphatic carboxylic acids is 1. The summed E-state index contributed by atoms with van der Waals surface area (Å²) in [4.78, 5) is 19.6. The number of hydrogen-bond donors (Lipinski definition) is 1. The van der Waals surface area contributed by atoms with Gasteiger partial charge in [-0.1, -0.05) is 12.2 Å². The van der Waals surface area contributed by atoms with E-state index < -0.39 is 5.97 Å². The lowest BCUT2D eigenvalue weighted by molar-refractivity contribution is -0.136. The van der Waals surface area contributed by atoms with Crippen LogP contribution in [0, 0.1) is 13.8 Å². The van der Waals surface area contributed by atoms with E-state index in [1.165, 1.54) is 12.5 Å². The molecule has 184 valence electrons. The van der Waals surface area contributed by atoms with Crippen molar-refractivity contribution in [1.82, 2.24) is 9.97 Å². The van der Waals surface area contributed by atoms with Gasteiger partial charge in [0.25, 0.3) is 0 Å². The monoisotopic (exact) mass is 480 g/mol. The summed E-state index contributed by atoms with van der Waals surface area (Å²) in [5, 5.41) is 8.79. The third-order valence-electron chi connectivity index (χ3n) is 5.99. The fourth-order valence-corrected chi connectivity index (χ4v) is 4.23. The molecule has 0 bridgehead atoms. The van der Waals surface area contributed by atoms with Gasteiger partial charge in [0.1, 0.15) is 17.7 Å². The Hall–Kier alpha value is -3.52. The highest BCUT2D eigenvalue weighted by Gasteiger charge is 2.18. The van der Waals surface area contributed by atoms with Crippen molar-refractivity contribution in [1.29, 1.82) is 0 Å². The molecule has 2 aromatic rings. The molecule has 2 aliphatic rings.